The summed E-state index contributed by atoms with van der Waals surface area (Å²) in [6.45, 7) is 2.37. The Morgan fingerprint density at radius 2 is 1.54 bits per heavy atom. The molecule has 41 heavy (non-hydrogen) atoms. The molecule has 8 nitrogen and oxygen atoms in total. The van der Waals surface area contributed by atoms with Crippen LogP contribution in [0.4, 0.5) is 5.69 Å². The monoisotopic (exact) mass is 584 g/mol. The summed E-state index contributed by atoms with van der Waals surface area (Å²) < 4.78 is 28.4. The molecule has 0 aliphatic carbocycles. The molecular formula is C32H44N2O6S. The molecule has 0 fully saturated rings. The van der Waals surface area contributed by atoms with E-state index in [1.807, 2.05) is 48.5 Å². The van der Waals surface area contributed by atoms with Crippen LogP contribution in [-0.4, -0.2) is 50.0 Å². The van der Waals surface area contributed by atoms with Crippen molar-refractivity contribution in [3.8, 4) is 5.75 Å². The van der Waals surface area contributed by atoms with E-state index >= 15 is 0 Å². The number of anilines is 1. The van der Waals surface area contributed by atoms with Gasteiger partial charge >= 0.3 is 0 Å². The molecule has 0 aliphatic heterocycles. The van der Waals surface area contributed by atoms with E-state index in [-0.39, 0.29) is 18.1 Å². The highest BCUT2D eigenvalue weighted by Gasteiger charge is 2.16. The molecule has 0 heterocycles. The van der Waals surface area contributed by atoms with Crippen LogP contribution in [0.1, 0.15) is 66.9 Å². The zero-order valence-corrected chi connectivity index (χ0v) is 24.5. The van der Waals surface area contributed by atoms with Gasteiger partial charge in [0.15, 0.2) is 0 Å². The van der Waals surface area contributed by atoms with Crippen LogP contribution in [0.2, 0.25) is 0 Å². The molecular weight excluding hydrogens is 540 g/mol. The van der Waals surface area contributed by atoms with Gasteiger partial charge in [-0.3, -0.25) is 0 Å². The van der Waals surface area contributed by atoms with E-state index in [9.17, 15) is 23.7 Å². The van der Waals surface area contributed by atoms with Crippen LogP contribution in [-0.2, 0) is 33.5 Å². The van der Waals surface area contributed by atoms with Crippen molar-refractivity contribution in [1.82, 2.24) is 0 Å². The smallest absolute Gasteiger partial charge is 0.213 e. The van der Waals surface area contributed by atoms with Crippen LogP contribution < -0.4 is 10.0 Å². The molecule has 5 N–H and O–H groups in total. The molecule has 0 saturated heterocycles. The Balaban J connectivity index is 1.31. The van der Waals surface area contributed by atoms with Crippen LogP contribution in [0, 0.1) is 0 Å². The van der Waals surface area contributed by atoms with Gasteiger partial charge in [-0.05, 0) is 66.6 Å². The maximum atomic E-state index is 11.3. The van der Waals surface area contributed by atoms with Crippen molar-refractivity contribution < 1.29 is 28.5 Å². The fourth-order valence-corrected chi connectivity index (χ4v) is 5.49. The molecule has 0 spiro atoms. The number of aliphatic hydroxyl groups excluding tert-OH is 2. The Hall–Kier alpha value is -2.95. The summed E-state index contributed by atoms with van der Waals surface area (Å²) in [4.78, 5) is 2.18. The number of hydrogen-bond donors (Lipinski definition) is 4. The third-order valence-electron chi connectivity index (χ3n) is 7.00. The summed E-state index contributed by atoms with van der Waals surface area (Å²) in [6.07, 6.45) is 6.28. The molecule has 3 aromatic carbocycles. The van der Waals surface area contributed by atoms with Crippen molar-refractivity contribution in [3.63, 3.8) is 0 Å². The quantitative estimate of drug-likeness (QED) is 0.149. The number of ether oxygens (including phenoxy) is 1. The number of aryl methyl sites for hydroxylation is 1. The van der Waals surface area contributed by atoms with Crippen LogP contribution in [0.5, 0.6) is 5.75 Å². The first-order valence-corrected chi connectivity index (χ1v) is 16.0. The Kier molecular flexibility index (Phi) is 13.6. The summed E-state index contributed by atoms with van der Waals surface area (Å²) >= 11 is 0. The summed E-state index contributed by atoms with van der Waals surface area (Å²) in [7, 11) is -3.53. The molecule has 3 aromatic rings. The molecule has 9 heteroatoms. The SMILES string of the molecule is NS(=O)(=O)Cc1cccc(CCCOCCCCCCCN(CC(O)c2ccc(O)c(CO)c2)c2ccccc2)c1. The van der Waals surface area contributed by atoms with E-state index in [0.717, 1.165) is 69.3 Å². The second-order valence-electron chi connectivity index (χ2n) is 10.5. The first-order chi connectivity index (χ1) is 19.7. The van der Waals surface area contributed by atoms with Gasteiger partial charge in [0, 0.05) is 37.6 Å². The van der Waals surface area contributed by atoms with Gasteiger partial charge in [0.05, 0.1) is 18.5 Å². The molecule has 0 bridgehead atoms. The van der Waals surface area contributed by atoms with Crippen molar-refractivity contribution in [2.45, 2.75) is 63.4 Å². The number of hydrogen-bond acceptors (Lipinski definition) is 7. The van der Waals surface area contributed by atoms with Gasteiger partial charge < -0.3 is 25.0 Å². The minimum Gasteiger partial charge on any atom is -0.508 e. The molecule has 224 valence electrons. The van der Waals surface area contributed by atoms with Crippen molar-refractivity contribution in [2.24, 2.45) is 5.14 Å². The van der Waals surface area contributed by atoms with E-state index < -0.39 is 16.1 Å². The fourth-order valence-electron chi connectivity index (χ4n) is 4.84. The van der Waals surface area contributed by atoms with Gasteiger partial charge in [-0.25, -0.2) is 13.6 Å². The molecule has 0 aliphatic rings. The molecule has 0 amide bonds. The fraction of sp³-hybridized carbons (Fsp3) is 0.438. The maximum absolute atomic E-state index is 11.3. The average Bonchev–Trinajstić information content (AvgIpc) is 2.95. The van der Waals surface area contributed by atoms with Crippen LogP contribution in [0.3, 0.4) is 0 Å². The van der Waals surface area contributed by atoms with Crippen LogP contribution >= 0.6 is 0 Å². The van der Waals surface area contributed by atoms with Gasteiger partial charge in [0.25, 0.3) is 0 Å². The summed E-state index contributed by atoms with van der Waals surface area (Å²) in [6, 6.07) is 22.4. The number of aliphatic hydroxyl groups is 2. The van der Waals surface area contributed by atoms with E-state index in [4.69, 9.17) is 9.88 Å². The van der Waals surface area contributed by atoms with Crippen molar-refractivity contribution >= 4 is 15.7 Å². The Morgan fingerprint density at radius 3 is 2.29 bits per heavy atom. The number of para-hydroxylation sites is 1. The summed E-state index contributed by atoms with van der Waals surface area (Å²) in [5, 5.41) is 35.3. The zero-order chi connectivity index (χ0) is 29.5. The summed E-state index contributed by atoms with van der Waals surface area (Å²) in [5.74, 6) is -0.116. The van der Waals surface area contributed by atoms with Gasteiger partial charge in [-0.2, -0.15) is 0 Å². The second-order valence-corrected chi connectivity index (χ2v) is 12.1. The number of phenols is 1. The summed E-state index contributed by atoms with van der Waals surface area (Å²) in [5.41, 5.74) is 3.93. The van der Waals surface area contributed by atoms with Gasteiger partial charge in [0.1, 0.15) is 5.75 Å². The number of unbranched alkanes of at least 4 members (excludes halogenated alkanes) is 4. The number of nitrogens with two attached hydrogens (primary N) is 1. The number of benzene rings is 3. The lowest BCUT2D eigenvalue weighted by Crippen LogP contribution is -2.29. The first-order valence-electron chi connectivity index (χ1n) is 14.3. The lowest BCUT2D eigenvalue weighted by molar-refractivity contribution is 0.127. The van der Waals surface area contributed by atoms with Crippen LogP contribution in [0.15, 0.2) is 72.8 Å². The second kappa shape index (κ2) is 17.1. The van der Waals surface area contributed by atoms with Crippen LogP contribution in [0.25, 0.3) is 0 Å². The third kappa shape index (κ3) is 12.2. The largest absolute Gasteiger partial charge is 0.508 e. The van der Waals surface area contributed by atoms with E-state index in [0.29, 0.717) is 29.8 Å². The van der Waals surface area contributed by atoms with Gasteiger partial charge in [-0.15, -0.1) is 0 Å². The highest BCUT2D eigenvalue weighted by Crippen LogP contribution is 2.25. The number of nitrogens with zero attached hydrogens (tertiary/aromatic N) is 1. The first kappa shape index (κ1) is 32.6. The van der Waals surface area contributed by atoms with E-state index in [1.54, 1.807) is 18.2 Å². The lowest BCUT2D eigenvalue weighted by atomic mass is 10.0. The third-order valence-corrected chi connectivity index (χ3v) is 7.74. The molecule has 0 radical (unpaired) electrons. The van der Waals surface area contributed by atoms with Crippen molar-refractivity contribution in [1.29, 1.82) is 0 Å². The highest BCUT2D eigenvalue weighted by molar-refractivity contribution is 7.88. The predicted molar refractivity (Wildman–Crippen MR) is 163 cm³/mol. The number of primary sulfonamides is 1. The topological polar surface area (TPSA) is 133 Å². The molecule has 0 aromatic heterocycles. The van der Waals surface area contributed by atoms with Crippen molar-refractivity contribution in [2.75, 3.05) is 31.2 Å². The Bertz CT molecular complexity index is 1290. The van der Waals surface area contributed by atoms with Gasteiger partial charge in [0.2, 0.25) is 10.0 Å². The lowest BCUT2D eigenvalue weighted by Gasteiger charge is -2.28. The maximum Gasteiger partial charge on any atom is 0.213 e. The number of rotatable bonds is 19. The normalized spacial score (nSPS) is 12.4. The highest BCUT2D eigenvalue weighted by atomic mass is 32.2. The Morgan fingerprint density at radius 1 is 0.829 bits per heavy atom. The molecule has 1 atom stereocenters. The van der Waals surface area contributed by atoms with Crippen molar-refractivity contribution in [3.05, 3.63) is 95.1 Å². The van der Waals surface area contributed by atoms with Gasteiger partial charge in [-0.1, -0.05) is 67.8 Å². The number of sulfonamides is 1. The molecule has 0 saturated carbocycles. The minimum atomic E-state index is -3.53. The average molecular weight is 585 g/mol. The Labute approximate surface area is 244 Å². The predicted octanol–water partition coefficient (Wildman–Crippen LogP) is 4.81. The molecule has 1 unspecified atom stereocenters. The molecule has 3 rings (SSSR count). The van der Waals surface area contributed by atoms with E-state index in [2.05, 4.69) is 4.90 Å². The zero-order valence-electron chi connectivity index (χ0n) is 23.7. The van der Waals surface area contributed by atoms with E-state index in [1.165, 1.54) is 6.07 Å². The minimum absolute atomic E-state index is 0.0271. The standard InChI is InChI=1S/C32H44N2O6S/c33-41(38,39)25-27-12-9-11-26(21-27)13-10-20-40-19-8-3-1-2-7-18-34(30-14-5-4-6-15-30)23-32(37)28-16-17-31(36)29(22-28)24-35/h4-6,9,11-12,14-17,21-22,32,35-37H,1-3,7-8,10,13,18-20,23-25H2,(H2,33,38,39). The number of aromatic hydroxyl groups is 1.